The minimum atomic E-state index is -3.14. The summed E-state index contributed by atoms with van der Waals surface area (Å²) in [5, 5.41) is 13.2. The molecule has 21 heavy (non-hydrogen) atoms. The van der Waals surface area contributed by atoms with E-state index < -0.39 is 9.84 Å². The molecule has 4 nitrogen and oxygen atoms in total. The normalized spacial score (nSPS) is 16.4. The lowest BCUT2D eigenvalue weighted by Crippen LogP contribution is -2.33. The lowest BCUT2D eigenvalue weighted by Gasteiger charge is -2.21. The van der Waals surface area contributed by atoms with Crippen LogP contribution in [-0.2, 0) is 9.84 Å². The number of aliphatic hydroxyl groups is 1. The summed E-state index contributed by atoms with van der Waals surface area (Å²) in [6.07, 6.45) is 0.582. The van der Waals surface area contributed by atoms with Crippen molar-refractivity contribution in [3.63, 3.8) is 0 Å². The second-order valence-electron chi connectivity index (χ2n) is 5.56. The Morgan fingerprint density at radius 2 is 1.71 bits per heavy atom. The topological polar surface area (TPSA) is 66.4 Å². The first-order chi connectivity index (χ1) is 9.81. The van der Waals surface area contributed by atoms with E-state index in [9.17, 15) is 13.5 Å². The Labute approximate surface area is 128 Å². The van der Waals surface area contributed by atoms with Gasteiger partial charge >= 0.3 is 0 Å². The van der Waals surface area contributed by atoms with E-state index in [1.54, 1.807) is 19.1 Å². The van der Waals surface area contributed by atoms with Crippen LogP contribution < -0.4 is 5.32 Å². The number of rotatable bonds is 8. The van der Waals surface area contributed by atoms with Crippen molar-refractivity contribution in [1.29, 1.82) is 0 Å². The fourth-order valence-corrected chi connectivity index (χ4v) is 2.90. The van der Waals surface area contributed by atoms with E-state index in [2.05, 4.69) is 12.2 Å². The van der Waals surface area contributed by atoms with E-state index in [1.807, 2.05) is 26.0 Å². The second-order valence-corrected chi connectivity index (χ2v) is 7.83. The maximum atomic E-state index is 11.8. The summed E-state index contributed by atoms with van der Waals surface area (Å²) in [7, 11) is -3.14. The van der Waals surface area contributed by atoms with Gasteiger partial charge in [-0.05, 0) is 30.5 Å². The van der Waals surface area contributed by atoms with Crippen molar-refractivity contribution in [2.75, 3.05) is 12.3 Å². The van der Waals surface area contributed by atoms with Crippen LogP contribution in [0.25, 0.3) is 0 Å². The van der Waals surface area contributed by atoms with Crippen molar-refractivity contribution in [3.8, 4) is 0 Å². The van der Waals surface area contributed by atoms with E-state index in [4.69, 9.17) is 0 Å². The molecule has 0 aromatic heterocycles. The molecule has 0 spiro atoms. The summed E-state index contributed by atoms with van der Waals surface area (Å²) in [5.41, 5.74) is 1.02. The average Bonchev–Trinajstić information content (AvgIpc) is 2.51. The largest absolute Gasteiger partial charge is 0.392 e. The van der Waals surface area contributed by atoms with Crippen LogP contribution in [0.15, 0.2) is 29.2 Å². The molecule has 0 aliphatic carbocycles. The molecule has 3 unspecified atom stereocenters. The predicted octanol–water partition coefficient (Wildman–Crippen LogP) is 2.54. The van der Waals surface area contributed by atoms with E-state index >= 15 is 0 Å². The van der Waals surface area contributed by atoms with Gasteiger partial charge in [-0.15, -0.1) is 0 Å². The average molecular weight is 313 g/mol. The van der Waals surface area contributed by atoms with Gasteiger partial charge in [-0.25, -0.2) is 8.42 Å². The minimum Gasteiger partial charge on any atom is -0.392 e. The molecule has 0 amide bonds. The number of sulfone groups is 1. The molecule has 0 fully saturated rings. The van der Waals surface area contributed by atoms with E-state index in [-0.39, 0.29) is 23.8 Å². The molecule has 0 saturated carbocycles. The molecule has 1 rings (SSSR count). The highest BCUT2D eigenvalue weighted by molar-refractivity contribution is 7.91. The molecule has 120 valence electrons. The van der Waals surface area contributed by atoms with Crippen molar-refractivity contribution in [2.45, 2.75) is 51.2 Å². The van der Waals surface area contributed by atoms with Crippen LogP contribution in [0.1, 0.15) is 45.7 Å². The standard InChI is InChI=1S/C16H27NO3S/c1-5-12(3)16(18)11-17-13(4)14-7-9-15(10-8-14)21(19,20)6-2/h7-10,12-13,16-18H,5-6,11H2,1-4H3. The van der Waals surface area contributed by atoms with Crippen molar-refractivity contribution < 1.29 is 13.5 Å². The van der Waals surface area contributed by atoms with E-state index in [1.165, 1.54) is 0 Å². The molecule has 2 N–H and O–H groups in total. The molecule has 1 aromatic carbocycles. The first-order valence-corrected chi connectivity index (χ1v) is 9.21. The van der Waals surface area contributed by atoms with Gasteiger partial charge in [0.2, 0.25) is 0 Å². The van der Waals surface area contributed by atoms with Crippen LogP contribution in [-0.4, -0.2) is 31.9 Å². The van der Waals surface area contributed by atoms with Crippen molar-refractivity contribution in [3.05, 3.63) is 29.8 Å². The monoisotopic (exact) mass is 313 g/mol. The molecule has 3 atom stereocenters. The third-order valence-corrected chi connectivity index (χ3v) is 5.80. The quantitative estimate of drug-likeness (QED) is 0.774. The number of hydrogen-bond donors (Lipinski definition) is 2. The zero-order valence-corrected chi connectivity index (χ0v) is 14.2. The van der Waals surface area contributed by atoms with Crippen LogP contribution in [0.4, 0.5) is 0 Å². The summed E-state index contributed by atoms with van der Waals surface area (Å²) < 4.78 is 23.5. The number of benzene rings is 1. The van der Waals surface area contributed by atoms with Crippen molar-refractivity contribution in [1.82, 2.24) is 5.32 Å². The van der Waals surface area contributed by atoms with Gasteiger partial charge in [0.25, 0.3) is 0 Å². The maximum absolute atomic E-state index is 11.8. The first-order valence-electron chi connectivity index (χ1n) is 7.56. The van der Waals surface area contributed by atoms with E-state index in [0.29, 0.717) is 11.4 Å². The lowest BCUT2D eigenvalue weighted by molar-refractivity contribution is 0.110. The predicted molar refractivity (Wildman–Crippen MR) is 86.0 cm³/mol. The summed E-state index contributed by atoms with van der Waals surface area (Å²) in [6.45, 7) is 8.27. The summed E-state index contributed by atoms with van der Waals surface area (Å²) in [4.78, 5) is 0.362. The third-order valence-electron chi connectivity index (χ3n) is 4.05. The molecule has 0 aliphatic heterocycles. The molecule has 0 saturated heterocycles. The summed E-state index contributed by atoms with van der Waals surface area (Å²) >= 11 is 0. The Hall–Kier alpha value is -0.910. The molecule has 5 heteroatoms. The Morgan fingerprint density at radius 1 is 1.14 bits per heavy atom. The Kier molecular flexibility index (Phi) is 6.84. The van der Waals surface area contributed by atoms with Gasteiger partial charge in [0.1, 0.15) is 0 Å². The van der Waals surface area contributed by atoms with Gasteiger partial charge in [0, 0.05) is 12.6 Å². The summed E-state index contributed by atoms with van der Waals surface area (Å²) in [6, 6.07) is 7.03. The van der Waals surface area contributed by atoms with Gasteiger partial charge in [-0.2, -0.15) is 0 Å². The first kappa shape index (κ1) is 18.1. The van der Waals surface area contributed by atoms with Gasteiger partial charge < -0.3 is 10.4 Å². The Morgan fingerprint density at radius 3 is 2.19 bits per heavy atom. The number of aliphatic hydroxyl groups excluding tert-OH is 1. The van der Waals surface area contributed by atoms with Gasteiger partial charge in [-0.1, -0.05) is 39.3 Å². The highest BCUT2D eigenvalue weighted by Gasteiger charge is 2.15. The van der Waals surface area contributed by atoms with Crippen LogP contribution >= 0.6 is 0 Å². The molecular weight excluding hydrogens is 286 g/mol. The van der Waals surface area contributed by atoms with Crippen LogP contribution in [0.5, 0.6) is 0 Å². The van der Waals surface area contributed by atoms with E-state index in [0.717, 1.165) is 12.0 Å². The fraction of sp³-hybridized carbons (Fsp3) is 0.625. The van der Waals surface area contributed by atoms with Crippen molar-refractivity contribution in [2.24, 2.45) is 5.92 Å². The zero-order valence-electron chi connectivity index (χ0n) is 13.3. The molecular formula is C16H27NO3S. The molecule has 1 aromatic rings. The molecule has 0 radical (unpaired) electrons. The molecule has 0 bridgehead atoms. The van der Waals surface area contributed by atoms with Crippen LogP contribution in [0, 0.1) is 5.92 Å². The highest BCUT2D eigenvalue weighted by Crippen LogP contribution is 2.17. The zero-order chi connectivity index (χ0) is 16.0. The Balaban J connectivity index is 2.66. The Bertz CT molecular complexity index is 525. The maximum Gasteiger partial charge on any atom is 0.178 e. The molecule has 0 aliphatic rings. The van der Waals surface area contributed by atoms with Gasteiger partial charge in [-0.3, -0.25) is 0 Å². The molecule has 0 heterocycles. The van der Waals surface area contributed by atoms with Crippen LogP contribution in [0.3, 0.4) is 0 Å². The van der Waals surface area contributed by atoms with Crippen LogP contribution in [0.2, 0.25) is 0 Å². The van der Waals surface area contributed by atoms with Crippen molar-refractivity contribution >= 4 is 9.84 Å². The number of hydrogen-bond acceptors (Lipinski definition) is 4. The fourth-order valence-electron chi connectivity index (χ4n) is 2.02. The second kappa shape index (κ2) is 7.92. The smallest absolute Gasteiger partial charge is 0.178 e. The van der Waals surface area contributed by atoms with Gasteiger partial charge in [0.05, 0.1) is 16.8 Å². The number of nitrogens with one attached hydrogen (secondary N) is 1. The SMILES string of the molecule is CCC(C)C(O)CNC(C)c1ccc(S(=O)(=O)CC)cc1. The third kappa shape index (κ3) is 5.09. The lowest BCUT2D eigenvalue weighted by atomic mass is 10.0. The minimum absolute atomic E-state index is 0.0714. The summed E-state index contributed by atoms with van der Waals surface area (Å²) in [5.74, 6) is 0.378. The highest BCUT2D eigenvalue weighted by atomic mass is 32.2. The van der Waals surface area contributed by atoms with Gasteiger partial charge in [0.15, 0.2) is 9.84 Å².